The molecule has 0 aromatic rings. The fourth-order valence-electron chi connectivity index (χ4n) is 9.23. The highest BCUT2D eigenvalue weighted by Crippen LogP contribution is 2.73. The van der Waals surface area contributed by atoms with Gasteiger partial charge in [0.1, 0.15) is 0 Å². The Bertz CT molecular complexity index is 636. The van der Waals surface area contributed by atoms with Gasteiger partial charge in [0.25, 0.3) is 0 Å². The van der Waals surface area contributed by atoms with Crippen LogP contribution in [0.5, 0.6) is 0 Å². The molecule has 4 aliphatic rings. The van der Waals surface area contributed by atoms with E-state index in [4.69, 9.17) is 5.73 Å². The molecular formula is C26H43N. The van der Waals surface area contributed by atoms with E-state index in [0.717, 1.165) is 11.8 Å². The maximum absolute atomic E-state index is 7.12. The van der Waals surface area contributed by atoms with E-state index in [1.54, 1.807) is 0 Å². The van der Waals surface area contributed by atoms with Crippen LogP contribution in [0.4, 0.5) is 0 Å². The third-order valence-corrected chi connectivity index (χ3v) is 10.7. The van der Waals surface area contributed by atoms with Gasteiger partial charge in [0.05, 0.1) is 0 Å². The predicted octanol–water partition coefficient (Wildman–Crippen LogP) is 6.89. The van der Waals surface area contributed by atoms with Crippen LogP contribution >= 0.6 is 0 Å². The van der Waals surface area contributed by atoms with Crippen molar-refractivity contribution in [1.82, 2.24) is 0 Å². The summed E-state index contributed by atoms with van der Waals surface area (Å²) >= 11 is 0. The van der Waals surface area contributed by atoms with E-state index in [1.807, 2.05) is 0 Å². The zero-order chi connectivity index (χ0) is 19.7. The zero-order valence-electron chi connectivity index (χ0n) is 18.4. The largest absolute Gasteiger partial charge is 0.325 e. The molecule has 0 spiro atoms. The van der Waals surface area contributed by atoms with Crippen molar-refractivity contribution in [2.75, 3.05) is 0 Å². The normalized spacial score (nSPS) is 54.6. The third-order valence-electron chi connectivity index (χ3n) is 10.7. The Labute approximate surface area is 168 Å². The molecule has 0 aliphatic heterocycles. The summed E-state index contributed by atoms with van der Waals surface area (Å²) < 4.78 is 0. The molecule has 8 atom stereocenters. The highest BCUT2D eigenvalue weighted by molar-refractivity contribution is 5.21. The average Bonchev–Trinajstić information content (AvgIpc) is 2.94. The van der Waals surface area contributed by atoms with Crippen LogP contribution in [-0.2, 0) is 0 Å². The second-order valence-electron chi connectivity index (χ2n) is 11.8. The van der Waals surface area contributed by atoms with E-state index in [0.29, 0.717) is 28.1 Å². The molecule has 27 heavy (non-hydrogen) atoms. The van der Waals surface area contributed by atoms with Crippen molar-refractivity contribution in [2.24, 2.45) is 45.7 Å². The first kappa shape index (κ1) is 19.7. The Hall–Kier alpha value is -0.560. The van der Waals surface area contributed by atoms with E-state index in [-0.39, 0.29) is 5.54 Å². The lowest BCUT2D eigenvalue weighted by molar-refractivity contribution is -0.194. The van der Waals surface area contributed by atoms with Gasteiger partial charge in [-0.05, 0) is 105 Å². The number of allylic oxidation sites excluding steroid dienone is 2. The summed E-state index contributed by atoms with van der Waals surface area (Å²) in [5.41, 5.74) is 9.92. The summed E-state index contributed by atoms with van der Waals surface area (Å²) in [6.07, 6.45) is 15.4. The van der Waals surface area contributed by atoms with Crippen molar-refractivity contribution in [3.63, 3.8) is 0 Å². The zero-order valence-corrected chi connectivity index (χ0v) is 18.4. The van der Waals surface area contributed by atoms with Gasteiger partial charge in [-0.25, -0.2) is 0 Å². The minimum atomic E-state index is 0.0794. The van der Waals surface area contributed by atoms with Crippen LogP contribution in [0.25, 0.3) is 0 Å². The van der Waals surface area contributed by atoms with Crippen molar-refractivity contribution in [3.8, 4) is 0 Å². The molecule has 1 heteroatoms. The maximum atomic E-state index is 7.12. The molecule has 4 fully saturated rings. The number of rotatable bonds is 3. The van der Waals surface area contributed by atoms with Gasteiger partial charge in [-0.1, -0.05) is 45.4 Å². The van der Waals surface area contributed by atoms with Crippen LogP contribution in [0.3, 0.4) is 0 Å². The lowest BCUT2D eigenvalue weighted by Gasteiger charge is -2.69. The molecule has 0 saturated heterocycles. The molecule has 0 heterocycles. The number of fused-ring (bicyclic) bond motifs is 5. The monoisotopic (exact) mass is 369 g/mol. The van der Waals surface area contributed by atoms with Crippen LogP contribution in [-0.4, -0.2) is 5.54 Å². The van der Waals surface area contributed by atoms with Crippen LogP contribution in [0.1, 0.15) is 91.9 Å². The van der Waals surface area contributed by atoms with Crippen molar-refractivity contribution in [2.45, 2.75) is 97.4 Å². The van der Waals surface area contributed by atoms with Gasteiger partial charge in [-0.15, -0.1) is 6.58 Å². The van der Waals surface area contributed by atoms with E-state index in [9.17, 15) is 0 Å². The molecule has 0 amide bonds. The summed E-state index contributed by atoms with van der Waals surface area (Å²) in [4.78, 5) is 0. The van der Waals surface area contributed by atoms with E-state index in [2.05, 4.69) is 46.9 Å². The van der Waals surface area contributed by atoms with Crippen LogP contribution < -0.4 is 5.73 Å². The molecule has 4 saturated carbocycles. The Kier molecular flexibility index (Phi) is 4.55. The van der Waals surface area contributed by atoms with Gasteiger partial charge >= 0.3 is 0 Å². The summed E-state index contributed by atoms with van der Waals surface area (Å²) in [5, 5.41) is 0. The number of hydrogen-bond acceptors (Lipinski definition) is 1. The fraction of sp³-hybridized carbons (Fsp3) is 0.846. The van der Waals surface area contributed by atoms with Gasteiger partial charge < -0.3 is 5.73 Å². The lowest BCUT2D eigenvalue weighted by atomic mass is 9.36. The first-order valence-electron chi connectivity index (χ1n) is 11.7. The standard InChI is InChI=1S/C26H43N/c1-7-12-23(4)13-8-14-25(6)21(23)10-9-20-22-19(18(2)3)11-15-26(22,27)17-16-24(20,25)5/h7,19-22H,1-2,8-17,27H2,3-6H3/t19-,20+,21+,22+,23-,24+,25+,26-/m0/s1. The molecule has 0 radical (unpaired) electrons. The lowest BCUT2D eigenvalue weighted by Crippen LogP contribution is -2.65. The Morgan fingerprint density at radius 3 is 2.41 bits per heavy atom. The first-order chi connectivity index (χ1) is 12.6. The Morgan fingerprint density at radius 1 is 1.00 bits per heavy atom. The molecule has 2 N–H and O–H groups in total. The SMILES string of the molecule is C=CC[C@@]1(C)CCC[C@]2(C)[C@@H]1CC[C@@H]1[C@H]3[C@H](C(=C)C)CC[C@]3(N)CC[C@]12C. The summed E-state index contributed by atoms with van der Waals surface area (Å²) in [6, 6.07) is 0. The van der Waals surface area contributed by atoms with Gasteiger partial charge in [0.2, 0.25) is 0 Å². The van der Waals surface area contributed by atoms with Gasteiger partial charge in [-0.2, -0.15) is 0 Å². The molecule has 4 rings (SSSR count). The van der Waals surface area contributed by atoms with Gasteiger partial charge in [-0.3, -0.25) is 0 Å². The third kappa shape index (κ3) is 2.52. The summed E-state index contributed by atoms with van der Waals surface area (Å²) in [6.45, 7) is 18.7. The summed E-state index contributed by atoms with van der Waals surface area (Å²) in [7, 11) is 0. The maximum Gasteiger partial charge on any atom is 0.0191 e. The molecule has 152 valence electrons. The highest BCUT2D eigenvalue weighted by Gasteiger charge is 2.67. The molecule has 0 bridgehead atoms. The number of hydrogen-bond donors (Lipinski definition) is 1. The van der Waals surface area contributed by atoms with Crippen molar-refractivity contribution in [3.05, 3.63) is 24.8 Å². The van der Waals surface area contributed by atoms with E-state index < -0.39 is 0 Å². The smallest absolute Gasteiger partial charge is 0.0191 e. The van der Waals surface area contributed by atoms with Crippen molar-refractivity contribution >= 4 is 0 Å². The van der Waals surface area contributed by atoms with Crippen LogP contribution in [0.15, 0.2) is 24.8 Å². The first-order valence-corrected chi connectivity index (χ1v) is 11.7. The topological polar surface area (TPSA) is 26.0 Å². The van der Waals surface area contributed by atoms with Gasteiger partial charge in [0, 0.05) is 5.54 Å². The van der Waals surface area contributed by atoms with Gasteiger partial charge in [0.15, 0.2) is 0 Å². The van der Waals surface area contributed by atoms with Crippen molar-refractivity contribution < 1.29 is 0 Å². The molecule has 0 aromatic heterocycles. The second-order valence-corrected chi connectivity index (χ2v) is 11.8. The highest BCUT2D eigenvalue weighted by atomic mass is 14.8. The summed E-state index contributed by atoms with van der Waals surface area (Å²) in [5.74, 6) is 2.95. The van der Waals surface area contributed by atoms with Crippen LogP contribution in [0, 0.1) is 39.9 Å². The second kappa shape index (κ2) is 6.22. The Morgan fingerprint density at radius 2 is 1.74 bits per heavy atom. The average molecular weight is 370 g/mol. The fourth-order valence-corrected chi connectivity index (χ4v) is 9.23. The molecule has 0 aromatic carbocycles. The molecule has 1 nitrogen and oxygen atoms in total. The molecule has 0 unspecified atom stereocenters. The van der Waals surface area contributed by atoms with Crippen molar-refractivity contribution in [1.29, 1.82) is 0 Å². The predicted molar refractivity (Wildman–Crippen MR) is 116 cm³/mol. The molecule has 4 aliphatic carbocycles. The quantitative estimate of drug-likeness (QED) is 0.539. The minimum absolute atomic E-state index is 0.0794. The molecular weight excluding hydrogens is 326 g/mol. The Balaban J connectivity index is 1.75. The minimum Gasteiger partial charge on any atom is -0.325 e. The number of nitrogens with two attached hydrogens (primary N) is 1. The van der Waals surface area contributed by atoms with E-state index >= 15 is 0 Å². The van der Waals surface area contributed by atoms with Crippen LogP contribution in [0.2, 0.25) is 0 Å². The van der Waals surface area contributed by atoms with E-state index in [1.165, 1.54) is 69.8 Å².